The summed E-state index contributed by atoms with van der Waals surface area (Å²) in [6.07, 6.45) is 0.766. The fraction of sp³-hybridized carbons (Fsp3) is 0.185. The molecule has 0 amide bonds. The van der Waals surface area contributed by atoms with Gasteiger partial charge in [-0.05, 0) is 54.3 Å². The van der Waals surface area contributed by atoms with Crippen LogP contribution in [-0.4, -0.2) is 33.6 Å². The number of hydrogen-bond donors (Lipinski definition) is 2. The number of ether oxygens (including phenoxy) is 1. The number of anilines is 1. The Hall–Kier alpha value is -4.26. The number of nitrogens with zero attached hydrogens (tertiary/aromatic N) is 2. The number of aromatic nitrogens is 2. The minimum atomic E-state index is -0.952. The molecule has 4 rings (SSSR count). The summed E-state index contributed by atoms with van der Waals surface area (Å²) in [5.74, 6) is -1.42. The molecule has 0 saturated heterocycles. The molecule has 0 fully saturated rings. The number of aromatic carboxylic acids is 1. The Balaban J connectivity index is 1.60. The first kappa shape index (κ1) is 22.9. The van der Waals surface area contributed by atoms with Crippen LogP contribution in [0.5, 0.6) is 0 Å². The van der Waals surface area contributed by atoms with E-state index >= 15 is 0 Å². The second kappa shape index (κ2) is 10.1. The van der Waals surface area contributed by atoms with Crippen molar-refractivity contribution in [1.29, 1.82) is 0 Å². The van der Waals surface area contributed by atoms with Crippen molar-refractivity contribution in [1.82, 2.24) is 9.97 Å². The smallest absolute Gasteiger partial charge is 0.356 e. The number of fused-ring (bicyclic) bond motifs is 1. The lowest BCUT2D eigenvalue weighted by Gasteiger charge is -2.13. The van der Waals surface area contributed by atoms with E-state index < -0.39 is 11.9 Å². The van der Waals surface area contributed by atoms with Crippen LogP contribution in [0, 0.1) is 0 Å². The standard InChI is InChI=1S/C27H25N3O4/c1-3-19-15-24(25-22(29-19)13-14-23(30-25)27(33)34-4-2)28-16-17-9-11-18(12-10-17)20-7-5-6-8-21(20)26(31)32/h5-15H,3-4,16H2,1-2H3,(H,28,29)(H,31,32). The lowest BCUT2D eigenvalue weighted by molar-refractivity contribution is 0.0519. The van der Waals surface area contributed by atoms with Crippen molar-refractivity contribution in [3.63, 3.8) is 0 Å². The number of carbonyl (C=O) groups is 2. The number of nitrogens with one attached hydrogen (secondary N) is 1. The van der Waals surface area contributed by atoms with Crippen molar-refractivity contribution in [2.45, 2.75) is 26.8 Å². The number of pyridine rings is 2. The van der Waals surface area contributed by atoms with Crippen LogP contribution in [0.25, 0.3) is 22.2 Å². The van der Waals surface area contributed by atoms with Crippen molar-refractivity contribution in [3.05, 3.63) is 89.2 Å². The van der Waals surface area contributed by atoms with Gasteiger partial charge in [0.2, 0.25) is 0 Å². The monoisotopic (exact) mass is 455 g/mol. The molecule has 0 radical (unpaired) electrons. The van der Waals surface area contributed by atoms with Gasteiger partial charge in [-0.1, -0.05) is 49.4 Å². The lowest BCUT2D eigenvalue weighted by Crippen LogP contribution is -2.09. The molecule has 0 bridgehead atoms. The van der Waals surface area contributed by atoms with E-state index in [1.54, 1.807) is 37.3 Å². The average molecular weight is 456 g/mol. The Morgan fingerprint density at radius 1 is 0.971 bits per heavy atom. The topological polar surface area (TPSA) is 101 Å². The highest BCUT2D eigenvalue weighted by Crippen LogP contribution is 2.26. The van der Waals surface area contributed by atoms with Gasteiger partial charge in [-0.3, -0.25) is 4.98 Å². The zero-order chi connectivity index (χ0) is 24.1. The second-order valence-electron chi connectivity index (χ2n) is 7.70. The van der Waals surface area contributed by atoms with Crippen LogP contribution >= 0.6 is 0 Å². The molecule has 0 saturated carbocycles. The molecule has 172 valence electrons. The van der Waals surface area contributed by atoms with Gasteiger partial charge >= 0.3 is 11.9 Å². The number of carboxylic acid groups (broad SMARTS) is 1. The van der Waals surface area contributed by atoms with Gasteiger partial charge < -0.3 is 15.2 Å². The number of hydrogen-bond acceptors (Lipinski definition) is 6. The van der Waals surface area contributed by atoms with Crippen molar-refractivity contribution in [2.75, 3.05) is 11.9 Å². The summed E-state index contributed by atoms with van der Waals surface area (Å²) >= 11 is 0. The lowest BCUT2D eigenvalue weighted by atomic mass is 9.99. The Kier molecular flexibility index (Phi) is 6.82. The molecule has 0 spiro atoms. The Bertz CT molecular complexity index is 1350. The first-order valence-corrected chi connectivity index (χ1v) is 11.1. The van der Waals surface area contributed by atoms with E-state index in [0.29, 0.717) is 23.1 Å². The quantitative estimate of drug-likeness (QED) is 0.346. The Morgan fingerprint density at radius 3 is 2.44 bits per heavy atom. The predicted octanol–water partition coefficient (Wildman–Crippen LogP) is 5.35. The van der Waals surface area contributed by atoms with E-state index in [9.17, 15) is 14.7 Å². The highest BCUT2D eigenvalue weighted by atomic mass is 16.5. The fourth-order valence-electron chi connectivity index (χ4n) is 3.72. The van der Waals surface area contributed by atoms with Crippen LogP contribution in [0.2, 0.25) is 0 Å². The SMILES string of the molecule is CCOC(=O)c1ccc2nc(CC)cc(NCc3ccc(-c4ccccc4C(=O)O)cc3)c2n1. The van der Waals surface area contributed by atoms with Crippen LogP contribution in [-0.2, 0) is 17.7 Å². The third kappa shape index (κ3) is 4.88. The van der Waals surface area contributed by atoms with Crippen molar-refractivity contribution in [3.8, 4) is 11.1 Å². The molecular formula is C27H25N3O4. The van der Waals surface area contributed by atoms with E-state index in [-0.39, 0.29) is 17.9 Å². The van der Waals surface area contributed by atoms with E-state index in [0.717, 1.165) is 28.9 Å². The van der Waals surface area contributed by atoms with Gasteiger partial charge in [-0.2, -0.15) is 0 Å². The van der Waals surface area contributed by atoms with Crippen molar-refractivity contribution >= 4 is 28.7 Å². The molecule has 2 heterocycles. The summed E-state index contributed by atoms with van der Waals surface area (Å²) < 4.78 is 5.08. The zero-order valence-corrected chi connectivity index (χ0v) is 19.0. The van der Waals surface area contributed by atoms with Crippen LogP contribution < -0.4 is 5.32 Å². The molecule has 2 aromatic heterocycles. The van der Waals surface area contributed by atoms with Crippen LogP contribution in [0.3, 0.4) is 0 Å². The summed E-state index contributed by atoms with van der Waals surface area (Å²) in [7, 11) is 0. The average Bonchev–Trinajstić information content (AvgIpc) is 2.87. The highest BCUT2D eigenvalue weighted by Gasteiger charge is 2.14. The van der Waals surface area contributed by atoms with Gasteiger partial charge in [0.25, 0.3) is 0 Å². The Labute approximate surface area is 197 Å². The number of benzene rings is 2. The maximum absolute atomic E-state index is 12.2. The van der Waals surface area contributed by atoms with Crippen LogP contribution in [0.4, 0.5) is 5.69 Å². The van der Waals surface area contributed by atoms with E-state index in [1.807, 2.05) is 43.3 Å². The largest absolute Gasteiger partial charge is 0.478 e. The van der Waals surface area contributed by atoms with E-state index in [2.05, 4.69) is 15.3 Å². The number of aryl methyl sites for hydroxylation is 1. The first-order chi connectivity index (χ1) is 16.5. The van der Waals surface area contributed by atoms with Gasteiger partial charge in [0.15, 0.2) is 0 Å². The minimum Gasteiger partial charge on any atom is -0.478 e. The molecule has 0 atom stereocenters. The normalized spacial score (nSPS) is 10.8. The maximum Gasteiger partial charge on any atom is 0.356 e. The molecule has 7 heteroatoms. The van der Waals surface area contributed by atoms with E-state index in [4.69, 9.17) is 4.74 Å². The van der Waals surface area contributed by atoms with Crippen LogP contribution in [0.15, 0.2) is 66.7 Å². The third-order valence-corrected chi connectivity index (χ3v) is 5.46. The van der Waals surface area contributed by atoms with Gasteiger partial charge in [-0.25, -0.2) is 14.6 Å². The molecule has 0 unspecified atom stereocenters. The number of esters is 1. The number of carboxylic acids is 1. The predicted molar refractivity (Wildman–Crippen MR) is 131 cm³/mol. The fourth-order valence-corrected chi connectivity index (χ4v) is 3.72. The number of carbonyl (C=O) groups excluding carboxylic acids is 1. The Morgan fingerprint density at radius 2 is 1.74 bits per heavy atom. The van der Waals surface area contributed by atoms with Gasteiger partial charge in [-0.15, -0.1) is 0 Å². The summed E-state index contributed by atoms with van der Waals surface area (Å²) in [5, 5.41) is 12.9. The van der Waals surface area contributed by atoms with Crippen LogP contribution in [0.1, 0.15) is 46.0 Å². The molecule has 0 aliphatic rings. The molecule has 2 N–H and O–H groups in total. The first-order valence-electron chi connectivity index (χ1n) is 11.1. The van der Waals surface area contributed by atoms with Crippen molar-refractivity contribution in [2.24, 2.45) is 0 Å². The number of rotatable bonds is 8. The molecule has 34 heavy (non-hydrogen) atoms. The highest BCUT2D eigenvalue weighted by molar-refractivity contribution is 5.96. The van der Waals surface area contributed by atoms with Gasteiger partial charge in [0.05, 0.1) is 23.4 Å². The molecule has 4 aromatic rings. The molecule has 0 aliphatic heterocycles. The summed E-state index contributed by atoms with van der Waals surface area (Å²) in [6, 6.07) is 20.1. The maximum atomic E-state index is 12.2. The van der Waals surface area contributed by atoms with E-state index in [1.165, 1.54) is 0 Å². The molecule has 7 nitrogen and oxygen atoms in total. The summed E-state index contributed by atoms with van der Waals surface area (Å²) in [5.41, 5.74) is 6.06. The van der Waals surface area contributed by atoms with Gasteiger partial charge in [0, 0.05) is 12.2 Å². The summed E-state index contributed by atoms with van der Waals surface area (Å²) in [4.78, 5) is 32.8. The minimum absolute atomic E-state index is 0.241. The molecular weight excluding hydrogens is 430 g/mol. The van der Waals surface area contributed by atoms with Gasteiger partial charge in [0.1, 0.15) is 11.2 Å². The molecule has 0 aliphatic carbocycles. The summed E-state index contributed by atoms with van der Waals surface area (Å²) in [6.45, 7) is 4.59. The zero-order valence-electron chi connectivity index (χ0n) is 19.0. The third-order valence-electron chi connectivity index (χ3n) is 5.46. The van der Waals surface area contributed by atoms with Crippen molar-refractivity contribution < 1.29 is 19.4 Å². The second-order valence-corrected chi connectivity index (χ2v) is 7.70. The molecule has 2 aromatic carbocycles.